The summed E-state index contributed by atoms with van der Waals surface area (Å²) < 4.78 is 0. The van der Waals surface area contributed by atoms with Gasteiger partial charge >= 0.3 is 0 Å². The van der Waals surface area contributed by atoms with Crippen LogP contribution in [0.1, 0.15) is 6.42 Å². The number of fused-ring (bicyclic) bond motifs is 1. The Bertz CT molecular complexity index is 518. The molecule has 1 saturated heterocycles. The van der Waals surface area contributed by atoms with E-state index in [1.54, 1.807) is 0 Å². The van der Waals surface area contributed by atoms with Crippen LogP contribution < -0.4 is 16.4 Å². The highest BCUT2D eigenvalue weighted by molar-refractivity contribution is 5.97. The summed E-state index contributed by atoms with van der Waals surface area (Å²) in [6, 6.07) is 6.34. The van der Waals surface area contributed by atoms with E-state index in [2.05, 4.69) is 21.2 Å². The third-order valence-electron chi connectivity index (χ3n) is 3.17. The summed E-state index contributed by atoms with van der Waals surface area (Å²) in [5, 5.41) is 8.02. The Morgan fingerprint density at radius 3 is 3.06 bits per heavy atom. The van der Waals surface area contributed by atoms with Gasteiger partial charge in [0, 0.05) is 24.5 Å². The van der Waals surface area contributed by atoms with Gasteiger partial charge in [0.1, 0.15) is 0 Å². The third-order valence-corrected chi connectivity index (χ3v) is 3.17. The number of nitrogens with one attached hydrogen (secondary N) is 1. The molecule has 1 aromatic carbocycles. The van der Waals surface area contributed by atoms with Gasteiger partial charge in [-0.3, -0.25) is 5.10 Å². The van der Waals surface area contributed by atoms with Crippen molar-refractivity contribution in [3.05, 3.63) is 18.2 Å². The van der Waals surface area contributed by atoms with Crippen LogP contribution in [0.3, 0.4) is 0 Å². The molecular weight excluding hydrogens is 202 g/mol. The standard InChI is InChI=1S/C11H15N5/c12-7-4-5-16(6-7)9-3-1-2-8-10(9)14-15-11(8)13/h1-3,7H,4-6,12H2,(H3,13,14,15). The average molecular weight is 217 g/mol. The number of H-pyrrole nitrogens is 1. The lowest BCUT2D eigenvalue weighted by atomic mass is 10.2. The molecule has 3 rings (SSSR count). The van der Waals surface area contributed by atoms with Crippen molar-refractivity contribution in [1.29, 1.82) is 0 Å². The minimum Gasteiger partial charge on any atom is -0.382 e. The van der Waals surface area contributed by atoms with Crippen molar-refractivity contribution in [2.75, 3.05) is 23.7 Å². The van der Waals surface area contributed by atoms with Crippen molar-refractivity contribution in [2.24, 2.45) is 5.73 Å². The van der Waals surface area contributed by atoms with Crippen LogP contribution in [0.5, 0.6) is 0 Å². The fourth-order valence-electron chi connectivity index (χ4n) is 2.32. The van der Waals surface area contributed by atoms with Gasteiger partial charge in [-0.15, -0.1) is 0 Å². The molecule has 1 atom stereocenters. The van der Waals surface area contributed by atoms with Crippen LogP contribution >= 0.6 is 0 Å². The van der Waals surface area contributed by atoms with Gasteiger partial charge in [-0.25, -0.2) is 0 Å². The number of benzene rings is 1. The van der Waals surface area contributed by atoms with Crippen LogP contribution in [0.4, 0.5) is 11.5 Å². The molecule has 5 nitrogen and oxygen atoms in total. The molecule has 1 aromatic heterocycles. The van der Waals surface area contributed by atoms with Crippen LogP contribution in [0.25, 0.3) is 10.9 Å². The Balaban J connectivity index is 2.09. The molecule has 16 heavy (non-hydrogen) atoms. The van der Waals surface area contributed by atoms with E-state index in [-0.39, 0.29) is 6.04 Å². The Labute approximate surface area is 93.4 Å². The molecule has 5 N–H and O–H groups in total. The largest absolute Gasteiger partial charge is 0.382 e. The van der Waals surface area contributed by atoms with Gasteiger partial charge in [-0.1, -0.05) is 6.07 Å². The maximum Gasteiger partial charge on any atom is 0.153 e. The van der Waals surface area contributed by atoms with Crippen LogP contribution in [-0.2, 0) is 0 Å². The zero-order chi connectivity index (χ0) is 11.1. The molecule has 1 unspecified atom stereocenters. The first-order valence-corrected chi connectivity index (χ1v) is 5.49. The Hall–Kier alpha value is -1.75. The van der Waals surface area contributed by atoms with Crippen molar-refractivity contribution in [3.8, 4) is 0 Å². The van der Waals surface area contributed by atoms with Crippen molar-refractivity contribution in [1.82, 2.24) is 10.2 Å². The molecule has 0 saturated carbocycles. The molecule has 1 fully saturated rings. The van der Waals surface area contributed by atoms with Gasteiger partial charge in [0.2, 0.25) is 0 Å². The molecule has 0 radical (unpaired) electrons. The van der Waals surface area contributed by atoms with Crippen molar-refractivity contribution in [3.63, 3.8) is 0 Å². The topological polar surface area (TPSA) is 84.0 Å². The van der Waals surface area contributed by atoms with E-state index in [1.165, 1.54) is 0 Å². The van der Waals surface area contributed by atoms with Crippen LogP contribution in [0, 0.1) is 0 Å². The molecular formula is C11H15N5. The number of para-hydroxylation sites is 1. The van der Waals surface area contributed by atoms with Gasteiger partial charge in [0.05, 0.1) is 11.2 Å². The van der Waals surface area contributed by atoms with Gasteiger partial charge in [0.15, 0.2) is 5.82 Å². The van der Waals surface area contributed by atoms with Gasteiger partial charge in [0.25, 0.3) is 0 Å². The zero-order valence-electron chi connectivity index (χ0n) is 8.98. The SMILES string of the molecule is Nc1n[nH]c2c(N3CCC(N)C3)cccc12. The molecule has 5 heteroatoms. The van der Waals surface area contributed by atoms with E-state index in [1.807, 2.05) is 12.1 Å². The monoisotopic (exact) mass is 217 g/mol. The number of anilines is 2. The smallest absolute Gasteiger partial charge is 0.153 e. The highest BCUT2D eigenvalue weighted by Crippen LogP contribution is 2.29. The molecule has 0 bridgehead atoms. The van der Waals surface area contributed by atoms with Crippen LogP contribution in [-0.4, -0.2) is 29.3 Å². The average Bonchev–Trinajstić information content (AvgIpc) is 2.86. The summed E-state index contributed by atoms with van der Waals surface area (Å²) in [5.41, 5.74) is 13.9. The quantitative estimate of drug-likeness (QED) is 0.656. The molecule has 2 aromatic rings. The van der Waals surface area contributed by atoms with E-state index in [9.17, 15) is 0 Å². The molecule has 0 spiro atoms. The number of aromatic nitrogens is 2. The second-order valence-electron chi connectivity index (χ2n) is 4.30. The summed E-state index contributed by atoms with van der Waals surface area (Å²) in [6.45, 7) is 1.90. The van der Waals surface area contributed by atoms with Crippen LogP contribution in [0.2, 0.25) is 0 Å². The second-order valence-corrected chi connectivity index (χ2v) is 4.30. The van der Waals surface area contributed by atoms with E-state index in [0.29, 0.717) is 5.82 Å². The number of hydrogen-bond acceptors (Lipinski definition) is 4. The maximum atomic E-state index is 5.92. The molecule has 84 valence electrons. The van der Waals surface area contributed by atoms with Gasteiger partial charge in [-0.2, -0.15) is 5.10 Å². The first-order valence-electron chi connectivity index (χ1n) is 5.49. The summed E-state index contributed by atoms with van der Waals surface area (Å²) in [5.74, 6) is 0.556. The first kappa shape index (κ1) is 9.47. The lowest BCUT2D eigenvalue weighted by Crippen LogP contribution is -2.26. The summed E-state index contributed by atoms with van der Waals surface area (Å²) in [7, 11) is 0. The Morgan fingerprint density at radius 2 is 2.31 bits per heavy atom. The molecule has 0 amide bonds. The van der Waals surface area contributed by atoms with Crippen molar-refractivity contribution >= 4 is 22.4 Å². The van der Waals surface area contributed by atoms with Crippen molar-refractivity contribution < 1.29 is 0 Å². The molecule has 2 heterocycles. The van der Waals surface area contributed by atoms with E-state index in [4.69, 9.17) is 11.5 Å². The predicted octanol–water partition coefficient (Wildman–Crippen LogP) is 0.682. The second kappa shape index (κ2) is 3.38. The minimum atomic E-state index is 0.274. The molecule has 1 aliphatic rings. The zero-order valence-corrected chi connectivity index (χ0v) is 8.98. The number of nitrogens with two attached hydrogens (primary N) is 2. The fraction of sp³-hybridized carbons (Fsp3) is 0.364. The highest BCUT2D eigenvalue weighted by atomic mass is 15.2. The predicted molar refractivity (Wildman–Crippen MR) is 65.3 cm³/mol. The number of nitrogens with zero attached hydrogens (tertiary/aromatic N) is 2. The first-order chi connectivity index (χ1) is 7.75. The summed E-state index contributed by atoms with van der Waals surface area (Å²) >= 11 is 0. The number of aromatic amines is 1. The molecule has 0 aliphatic carbocycles. The third kappa shape index (κ3) is 1.32. The van der Waals surface area contributed by atoms with Gasteiger partial charge in [-0.05, 0) is 18.6 Å². The minimum absolute atomic E-state index is 0.274. The fourth-order valence-corrected chi connectivity index (χ4v) is 2.32. The highest BCUT2D eigenvalue weighted by Gasteiger charge is 2.21. The number of rotatable bonds is 1. The number of nitrogen functional groups attached to an aromatic ring is 1. The van der Waals surface area contributed by atoms with E-state index in [0.717, 1.165) is 36.1 Å². The Morgan fingerprint density at radius 1 is 1.44 bits per heavy atom. The maximum absolute atomic E-state index is 5.92. The van der Waals surface area contributed by atoms with E-state index >= 15 is 0 Å². The number of hydrogen-bond donors (Lipinski definition) is 3. The summed E-state index contributed by atoms with van der Waals surface area (Å²) in [6.07, 6.45) is 1.04. The van der Waals surface area contributed by atoms with E-state index < -0.39 is 0 Å². The van der Waals surface area contributed by atoms with Crippen LogP contribution in [0.15, 0.2) is 18.2 Å². The van der Waals surface area contributed by atoms with Gasteiger partial charge < -0.3 is 16.4 Å². The normalized spacial score (nSPS) is 20.8. The molecule has 1 aliphatic heterocycles. The lowest BCUT2D eigenvalue weighted by molar-refractivity contribution is 0.752. The Kier molecular flexibility index (Phi) is 2.00. The van der Waals surface area contributed by atoms with Crippen molar-refractivity contribution in [2.45, 2.75) is 12.5 Å². The lowest BCUT2D eigenvalue weighted by Gasteiger charge is -2.18. The summed E-state index contributed by atoms with van der Waals surface area (Å²) in [4.78, 5) is 2.28.